The fourth-order valence-corrected chi connectivity index (χ4v) is 10.1. The number of phenols is 3. The lowest BCUT2D eigenvalue weighted by Crippen LogP contribution is -2.54. The van der Waals surface area contributed by atoms with E-state index in [-0.39, 0.29) is 62.0 Å². The van der Waals surface area contributed by atoms with Crippen LogP contribution in [0.3, 0.4) is 0 Å². The first kappa shape index (κ1) is 54.4. The summed E-state index contributed by atoms with van der Waals surface area (Å²) in [7, 11) is 1.44. The third-order valence-corrected chi connectivity index (χ3v) is 14.5. The summed E-state index contributed by atoms with van der Waals surface area (Å²) in [6.45, 7) is 25.3. The standard InChI is InChI=1S/C55H74N4O12/c1-28-16-15-17-29(2)53(67)57-44-39(24-56-59-30(3)25-58(26-31(59)4)27-37-18-20-38(21-19-37)54(10,11)12)48(64)41-42(49(44)65)47(63)35(8)51-43(41)52(66)55(13,71-51)69-23-22-40(68-14)32(5)50(70-36(9)60)34(7)46(62)33(6)45(28)61/h15-24,28,30-34,40,45-46,50,61-65H,25-27H2,1-14H3,(H,57,67)/b16-15+,23-22+,29-17-,56-24?. The van der Waals surface area contributed by atoms with Crippen molar-refractivity contribution in [3.05, 3.63) is 88.2 Å². The number of nitrogens with one attached hydrogen (secondary N) is 1. The van der Waals surface area contributed by atoms with Crippen LogP contribution in [0.2, 0.25) is 0 Å². The minimum absolute atomic E-state index is 0.0408. The van der Waals surface area contributed by atoms with Gasteiger partial charge in [-0.1, -0.05) is 91.0 Å². The molecule has 6 N–H and O–H groups in total. The van der Waals surface area contributed by atoms with Crippen LogP contribution in [-0.2, 0) is 35.8 Å². The van der Waals surface area contributed by atoms with Crippen molar-refractivity contribution in [3.63, 3.8) is 0 Å². The van der Waals surface area contributed by atoms with Crippen molar-refractivity contribution in [2.24, 2.45) is 28.8 Å². The predicted molar refractivity (Wildman–Crippen MR) is 273 cm³/mol. The number of allylic oxidation sites excluding steroid dienone is 2. The van der Waals surface area contributed by atoms with Crippen LogP contribution in [-0.4, -0.2) is 122 Å². The monoisotopic (exact) mass is 983 g/mol. The van der Waals surface area contributed by atoms with Crippen LogP contribution in [0.25, 0.3) is 10.8 Å². The molecule has 1 fully saturated rings. The minimum Gasteiger partial charge on any atom is -0.507 e. The molecule has 1 saturated heterocycles. The fourth-order valence-electron chi connectivity index (χ4n) is 10.1. The van der Waals surface area contributed by atoms with Crippen molar-refractivity contribution in [1.29, 1.82) is 0 Å². The molecular weight excluding hydrogens is 909 g/mol. The van der Waals surface area contributed by atoms with E-state index in [2.05, 4.69) is 55.3 Å². The lowest BCUT2D eigenvalue weighted by molar-refractivity contribution is -0.160. The third-order valence-electron chi connectivity index (χ3n) is 14.5. The van der Waals surface area contributed by atoms with E-state index in [0.29, 0.717) is 13.1 Å². The van der Waals surface area contributed by atoms with E-state index in [1.165, 1.54) is 70.6 Å². The highest BCUT2D eigenvalue weighted by atomic mass is 16.7. The molecule has 11 unspecified atom stereocenters. The normalized spacial score (nSPS) is 31.0. The number of fused-ring (bicyclic) bond motifs is 14. The zero-order chi connectivity index (χ0) is 52.6. The maximum Gasteiger partial charge on any atom is 0.312 e. The number of ketones is 1. The summed E-state index contributed by atoms with van der Waals surface area (Å²) in [6.07, 6.45) is 4.90. The summed E-state index contributed by atoms with van der Waals surface area (Å²) in [4.78, 5) is 43.6. The van der Waals surface area contributed by atoms with Crippen molar-refractivity contribution < 1.29 is 58.9 Å². The van der Waals surface area contributed by atoms with Crippen LogP contribution in [0.5, 0.6) is 23.0 Å². The van der Waals surface area contributed by atoms with Gasteiger partial charge < -0.3 is 49.8 Å². The van der Waals surface area contributed by atoms with E-state index in [1.54, 1.807) is 39.8 Å². The van der Waals surface area contributed by atoms with Gasteiger partial charge in [0.25, 0.3) is 11.7 Å². The van der Waals surface area contributed by atoms with Gasteiger partial charge in [0.2, 0.25) is 0 Å². The number of methoxy groups -OCH3 is 1. The highest BCUT2D eigenvalue weighted by Gasteiger charge is 2.50. The van der Waals surface area contributed by atoms with E-state index in [0.717, 1.165) is 6.54 Å². The maximum absolute atomic E-state index is 14.7. The lowest BCUT2D eigenvalue weighted by atomic mass is 9.78. The Morgan fingerprint density at radius 1 is 0.901 bits per heavy atom. The van der Waals surface area contributed by atoms with Crippen LogP contribution < -0.4 is 10.1 Å². The van der Waals surface area contributed by atoms with Crippen molar-refractivity contribution in [1.82, 2.24) is 9.91 Å². The van der Waals surface area contributed by atoms with Crippen molar-refractivity contribution in [2.75, 3.05) is 25.5 Å². The zero-order valence-corrected chi connectivity index (χ0v) is 43.6. The predicted octanol–water partition coefficient (Wildman–Crippen LogP) is 7.98. The van der Waals surface area contributed by atoms with Crippen molar-refractivity contribution in [2.45, 2.75) is 144 Å². The average Bonchev–Trinajstić information content (AvgIpc) is 3.57. The van der Waals surface area contributed by atoms with Gasteiger partial charge >= 0.3 is 11.8 Å². The Labute approximate surface area is 417 Å². The SMILES string of the molecule is COC1/C=C/OC2(C)Oc3c(C)c(O)c4c(O)c(c(C=NN5C(C)CN(Cc6ccc(C(C)(C)C)cc6)CC5C)c(O)c4c3C2=O)NC(=O)/C(C)=C\C=C\C(C)C(O)C(C)C(O)C(C)C(OC(C)=O)C1C. The number of amides is 1. The topological polar surface area (TPSA) is 220 Å². The number of rotatable bonds is 6. The highest BCUT2D eigenvalue weighted by molar-refractivity contribution is 6.23. The smallest absolute Gasteiger partial charge is 0.312 e. The molecule has 0 aromatic heterocycles. The molecule has 0 saturated carbocycles. The number of phenolic OH excluding ortho intramolecular Hbond substituents is 3. The number of Topliss-reactive ketones (excluding diaryl/α,β-unsaturated/α-hetero) is 1. The molecule has 16 nitrogen and oxygen atoms in total. The van der Waals surface area contributed by atoms with E-state index >= 15 is 0 Å². The number of piperazine rings is 1. The Bertz CT molecular complexity index is 2610. The fraction of sp³-hybridized carbons (Fsp3) is 0.527. The molecule has 386 valence electrons. The van der Waals surface area contributed by atoms with Gasteiger partial charge in [0.15, 0.2) is 5.75 Å². The number of anilines is 1. The number of ether oxygens (including phenoxy) is 4. The molecule has 5 bridgehead atoms. The number of hydrogen-bond acceptors (Lipinski definition) is 15. The second kappa shape index (κ2) is 21.4. The third kappa shape index (κ3) is 11.1. The molecule has 0 aliphatic carbocycles. The summed E-state index contributed by atoms with van der Waals surface area (Å²) >= 11 is 0. The first-order chi connectivity index (χ1) is 33.2. The molecule has 11 atom stereocenters. The van der Waals surface area contributed by atoms with Gasteiger partial charge in [-0.25, -0.2) is 0 Å². The lowest BCUT2D eigenvalue weighted by Gasteiger charge is -2.43. The molecule has 3 aromatic rings. The molecule has 7 rings (SSSR count). The van der Waals surface area contributed by atoms with E-state index in [4.69, 9.17) is 24.0 Å². The molecule has 4 heterocycles. The Hall–Kier alpha value is -5.94. The number of nitrogens with zero attached hydrogens (tertiary/aromatic N) is 3. The second-order valence-electron chi connectivity index (χ2n) is 21.1. The van der Waals surface area contributed by atoms with Gasteiger partial charge in [-0.2, -0.15) is 5.10 Å². The number of benzene rings is 3. The highest BCUT2D eigenvalue weighted by Crippen LogP contribution is 2.55. The van der Waals surface area contributed by atoms with Gasteiger partial charge in [0.05, 0.1) is 65.1 Å². The Morgan fingerprint density at radius 3 is 2.13 bits per heavy atom. The number of hydrogen-bond donors (Lipinski definition) is 6. The van der Waals surface area contributed by atoms with Crippen LogP contribution in [0, 0.1) is 30.6 Å². The molecular formula is C55H74N4O12. The van der Waals surface area contributed by atoms with E-state index < -0.39 is 88.8 Å². The van der Waals surface area contributed by atoms with Gasteiger partial charge in [-0.05, 0) is 50.3 Å². The number of esters is 1. The molecule has 0 radical (unpaired) electrons. The number of aliphatic hydroxyl groups is 2. The van der Waals surface area contributed by atoms with Crippen molar-refractivity contribution >= 4 is 40.3 Å². The largest absolute Gasteiger partial charge is 0.507 e. The molecule has 16 heteroatoms. The number of aliphatic hydroxyl groups excluding tert-OH is 2. The molecule has 4 aliphatic heterocycles. The van der Waals surface area contributed by atoms with Crippen LogP contribution in [0.15, 0.2) is 65.5 Å². The van der Waals surface area contributed by atoms with Gasteiger partial charge in [0.1, 0.15) is 23.4 Å². The molecule has 1 amide bonds. The molecule has 4 aliphatic rings. The van der Waals surface area contributed by atoms with E-state index in [9.17, 15) is 39.9 Å². The van der Waals surface area contributed by atoms with Gasteiger partial charge in [-0.15, -0.1) is 0 Å². The second-order valence-corrected chi connectivity index (χ2v) is 21.1. The maximum atomic E-state index is 14.7. The van der Waals surface area contributed by atoms with Crippen LogP contribution >= 0.6 is 0 Å². The number of carbonyl (C=O) groups excluding carboxylic acids is 3. The number of hydrazone groups is 1. The summed E-state index contributed by atoms with van der Waals surface area (Å²) in [6, 6.07) is 8.43. The Morgan fingerprint density at radius 2 is 1.54 bits per heavy atom. The van der Waals surface area contributed by atoms with Crippen molar-refractivity contribution in [3.8, 4) is 23.0 Å². The Kier molecular flexibility index (Phi) is 16.4. The van der Waals surface area contributed by atoms with Crippen LogP contribution in [0.1, 0.15) is 116 Å². The number of aromatic hydroxyl groups is 3. The summed E-state index contributed by atoms with van der Waals surface area (Å²) in [5.74, 6) is -8.48. The Balaban J connectivity index is 1.45. The quantitative estimate of drug-likeness (QED) is 0.0597. The van der Waals surface area contributed by atoms with Gasteiger partial charge in [0, 0.05) is 80.8 Å². The zero-order valence-electron chi connectivity index (χ0n) is 43.6. The summed E-state index contributed by atoms with van der Waals surface area (Å²) in [5.41, 5.74) is 2.09. The average molecular weight is 983 g/mol. The number of carbonyl (C=O) groups is 3. The van der Waals surface area contributed by atoms with Gasteiger partial charge in [-0.3, -0.25) is 24.3 Å². The first-order valence-electron chi connectivity index (χ1n) is 24.4. The minimum atomic E-state index is -2.07. The molecule has 71 heavy (non-hydrogen) atoms. The van der Waals surface area contributed by atoms with E-state index in [1.807, 2.05) is 18.9 Å². The molecule has 0 spiro atoms. The molecule has 3 aromatic carbocycles. The summed E-state index contributed by atoms with van der Waals surface area (Å²) < 4.78 is 23.9. The summed E-state index contributed by atoms with van der Waals surface area (Å²) in [5, 5.41) is 68.4. The first-order valence-corrected chi connectivity index (χ1v) is 24.4. The van der Waals surface area contributed by atoms with Crippen LogP contribution in [0.4, 0.5) is 5.69 Å².